The molecule has 0 spiro atoms. The summed E-state index contributed by atoms with van der Waals surface area (Å²) in [6.07, 6.45) is 0. The quantitative estimate of drug-likeness (QED) is 0.492. The lowest BCUT2D eigenvalue weighted by Crippen LogP contribution is -2.43. The summed E-state index contributed by atoms with van der Waals surface area (Å²) in [4.78, 5) is 46.1. The van der Waals surface area contributed by atoms with Gasteiger partial charge >= 0.3 is 0 Å². The Morgan fingerprint density at radius 2 is 2.00 bits per heavy atom. The summed E-state index contributed by atoms with van der Waals surface area (Å²) in [5, 5.41) is 3.96. The summed E-state index contributed by atoms with van der Waals surface area (Å²) < 4.78 is 1.65. The van der Waals surface area contributed by atoms with Gasteiger partial charge in [0.15, 0.2) is 5.16 Å². The number of benzene rings is 1. The van der Waals surface area contributed by atoms with Crippen LogP contribution in [0, 0.1) is 13.8 Å². The third-order valence-corrected chi connectivity index (χ3v) is 7.15. The molecule has 156 valence electrons. The minimum atomic E-state index is -0.227. The highest BCUT2D eigenvalue weighted by Gasteiger charge is 2.27. The lowest BCUT2D eigenvalue weighted by atomic mass is 10.2. The third-order valence-electron chi connectivity index (χ3n) is 5.12. The Balaban J connectivity index is 1.66. The highest BCUT2D eigenvalue weighted by Crippen LogP contribution is 2.32. The number of aromatic nitrogens is 2. The van der Waals surface area contributed by atoms with Gasteiger partial charge < -0.3 is 10.2 Å². The van der Waals surface area contributed by atoms with Crippen LogP contribution >= 0.6 is 23.1 Å². The van der Waals surface area contributed by atoms with E-state index in [0.29, 0.717) is 26.7 Å². The summed E-state index contributed by atoms with van der Waals surface area (Å²) >= 11 is 2.73. The van der Waals surface area contributed by atoms with Gasteiger partial charge in [0.1, 0.15) is 11.4 Å². The first kappa shape index (κ1) is 20.6. The summed E-state index contributed by atoms with van der Waals surface area (Å²) in [6.45, 7) is 7.76. The maximum absolute atomic E-state index is 13.1. The Morgan fingerprint density at radius 3 is 2.73 bits per heavy atom. The third kappa shape index (κ3) is 3.52. The zero-order valence-electron chi connectivity index (χ0n) is 17.2. The number of anilines is 2. The van der Waals surface area contributed by atoms with Crippen molar-refractivity contribution in [2.45, 2.75) is 38.9 Å². The van der Waals surface area contributed by atoms with E-state index >= 15 is 0 Å². The molecule has 2 amide bonds. The second kappa shape index (κ2) is 7.88. The van der Waals surface area contributed by atoms with Gasteiger partial charge in [-0.25, -0.2) is 4.98 Å². The van der Waals surface area contributed by atoms with Crippen LogP contribution in [0.3, 0.4) is 0 Å². The van der Waals surface area contributed by atoms with Crippen LogP contribution in [0.4, 0.5) is 11.4 Å². The SMILES string of the molecule is Cc1sc2nc(SCC(=O)N3CC(=O)Nc4ccccc43)n(C(C)C)c(=O)c2c1C. The van der Waals surface area contributed by atoms with Gasteiger partial charge in [-0.2, -0.15) is 0 Å². The number of carbonyl (C=O) groups is 2. The molecule has 0 atom stereocenters. The van der Waals surface area contributed by atoms with Crippen molar-refractivity contribution in [3.63, 3.8) is 0 Å². The smallest absolute Gasteiger partial charge is 0.263 e. The second-order valence-corrected chi connectivity index (χ2v) is 9.61. The van der Waals surface area contributed by atoms with Gasteiger partial charge in [-0.15, -0.1) is 11.3 Å². The van der Waals surface area contributed by atoms with Crippen molar-refractivity contribution in [2.75, 3.05) is 22.5 Å². The van der Waals surface area contributed by atoms with Gasteiger partial charge in [0.05, 0.1) is 22.5 Å². The molecule has 0 aliphatic carbocycles. The Bertz CT molecular complexity index is 1230. The lowest BCUT2D eigenvalue weighted by Gasteiger charge is -2.29. The zero-order valence-corrected chi connectivity index (χ0v) is 18.8. The van der Waals surface area contributed by atoms with Crippen molar-refractivity contribution in [1.82, 2.24) is 9.55 Å². The summed E-state index contributed by atoms with van der Waals surface area (Å²) in [5.74, 6) is -0.351. The maximum Gasteiger partial charge on any atom is 0.263 e. The van der Waals surface area contributed by atoms with E-state index in [1.165, 1.54) is 28.0 Å². The predicted octanol–water partition coefficient (Wildman–Crippen LogP) is 3.73. The molecule has 0 unspecified atom stereocenters. The molecule has 4 rings (SSSR count). The Morgan fingerprint density at radius 1 is 1.27 bits per heavy atom. The molecule has 0 bridgehead atoms. The molecule has 1 aliphatic heterocycles. The van der Waals surface area contributed by atoms with Crippen LogP contribution in [0.1, 0.15) is 30.3 Å². The number of para-hydroxylation sites is 2. The number of thioether (sulfide) groups is 1. The summed E-state index contributed by atoms with van der Waals surface area (Å²) in [6, 6.07) is 7.13. The molecule has 1 aromatic carbocycles. The van der Waals surface area contributed by atoms with Crippen LogP contribution in [0.15, 0.2) is 34.2 Å². The maximum atomic E-state index is 13.1. The van der Waals surface area contributed by atoms with E-state index in [1.807, 2.05) is 45.9 Å². The van der Waals surface area contributed by atoms with Gasteiger partial charge in [0.2, 0.25) is 11.8 Å². The van der Waals surface area contributed by atoms with Gasteiger partial charge in [0, 0.05) is 10.9 Å². The van der Waals surface area contributed by atoms with Crippen LogP contribution in [-0.4, -0.2) is 33.7 Å². The van der Waals surface area contributed by atoms with Crippen molar-refractivity contribution in [3.05, 3.63) is 45.1 Å². The normalized spacial score (nSPS) is 13.6. The van der Waals surface area contributed by atoms with Crippen molar-refractivity contribution >= 4 is 56.5 Å². The van der Waals surface area contributed by atoms with E-state index in [2.05, 4.69) is 5.32 Å². The van der Waals surface area contributed by atoms with Crippen LogP contribution < -0.4 is 15.8 Å². The molecule has 3 aromatic rings. The largest absolute Gasteiger partial charge is 0.323 e. The van der Waals surface area contributed by atoms with Crippen molar-refractivity contribution in [2.24, 2.45) is 0 Å². The molecule has 3 heterocycles. The van der Waals surface area contributed by atoms with Gasteiger partial charge in [-0.05, 0) is 45.4 Å². The highest BCUT2D eigenvalue weighted by atomic mass is 32.2. The molecule has 1 N–H and O–H groups in total. The number of hydrogen-bond donors (Lipinski definition) is 1. The molecular weight excluding hydrogens is 420 g/mol. The molecule has 0 fully saturated rings. The summed E-state index contributed by atoms with van der Waals surface area (Å²) in [5.41, 5.74) is 2.19. The number of nitrogens with zero attached hydrogens (tertiary/aromatic N) is 3. The molecule has 0 radical (unpaired) electrons. The number of rotatable bonds is 4. The Hall–Kier alpha value is -2.65. The molecule has 9 heteroatoms. The minimum absolute atomic E-state index is 0.0246. The molecule has 7 nitrogen and oxygen atoms in total. The van der Waals surface area contributed by atoms with E-state index in [9.17, 15) is 14.4 Å². The first-order valence-corrected chi connectivity index (χ1v) is 11.4. The molecular formula is C21H22N4O3S2. The highest BCUT2D eigenvalue weighted by molar-refractivity contribution is 7.99. The standard InChI is InChI=1S/C21H22N4O3S2/c1-11(2)25-20(28)18-12(3)13(4)30-19(18)23-21(25)29-10-17(27)24-9-16(26)22-14-7-5-6-8-15(14)24/h5-8,11H,9-10H2,1-4H3,(H,22,26). The Kier molecular flexibility index (Phi) is 5.42. The van der Waals surface area contributed by atoms with Gasteiger partial charge in [-0.3, -0.25) is 19.0 Å². The fourth-order valence-electron chi connectivity index (χ4n) is 3.50. The van der Waals surface area contributed by atoms with Crippen molar-refractivity contribution < 1.29 is 9.59 Å². The monoisotopic (exact) mass is 442 g/mol. The second-order valence-electron chi connectivity index (χ2n) is 7.46. The first-order valence-electron chi connectivity index (χ1n) is 9.62. The zero-order chi connectivity index (χ0) is 21.6. The van der Waals surface area contributed by atoms with E-state index in [1.54, 1.807) is 10.6 Å². The number of amides is 2. The van der Waals surface area contributed by atoms with Crippen LogP contribution in [0.5, 0.6) is 0 Å². The summed E-state index contributed by atoms with van der Waals surface area (Å²) in [7, 11) is 0. The number of nitrogens with one attached hydrogen (secondary N) is 1. The minimum Gasteiger partial charge on any atom is -0.323 e. The topological polar surface area (TPSA) is 84.3 Å². The number of fused-ring (bicyclic) bond motifs is 2. The number of aryl methyl sites for hydroxylation is 2. The van der Waals surface area contributed by atoms with Crippen LogP contribution in [0.2, 0.25) is 0 Å². The number of carbonyl (C=O) groups excluding carboxylic acids is 2. The average Bonchev–Trinajstić information content (AvgIpc) is 2.98. The van der Waals surface area contributed by atoms with Crippen molar-refractivity contribution in [3.8, 4) is 0 Å². The number of thiophene rings is 1. The average molecular weight is 443 g/mol. The van der Waals surface area contributed by atoms with E-state index < -0.39 is 0 Å². The molecule has 30 heavy (non-hydrogen) atoms. The van der Waals surface area contributed by atoms with Gasteiger partial charge in [0.25, 0.3) is 5.56 Å². The Labute approximate surface area is 182 Å². The molecule has 1 aliphatic rings. The van der Waals surface area contributed by atoms with Gasteiger partial charge in [-0.1, -0.05) is 23.9 Å². The van der Waals surface area contributed by atoms with E-state index in [0.717, 1.165) is 10.4 Å². The van der Waals surface area contributed by atoms with Crippen LogP contribution in [-0.2, 0) is 9.59 Å². The molecule has 0 saturated heterocycles. The fraction of sp³-hybridized carbons (Fsp3) is 0.333. The molecule has 2 aromatic heterocycles. The lowest BCUT2D eigenvalue weighted by molar-refractivity contribution is -0.120. The molecule has 0 saturated carbocycles. The van der Waals surface area contributed by atoms with E-state index in [-0.39, 0.29) is 35.7 Å². The van der Waals surface area contributed by atoms with Crippen LogP contribution in [0.25, 0.3) is 10.2 Å². The van der Waals surface area contributed by atoms with E-state index in [4.69, 9.17) is 4.98 Å². The first-order chi connectivity index (χ1) is 14.3. The fourth-order valence-corrected chi connectivity index (χ4v) is 5.58. The van der Waals surface area contributed by atoms with Crippen molar-refractivity contribution in [1.29, 1.82) is 0 Å². The number of hydrogen-bond acceptors (Lipinski definition) is 6. The predicted molar refractivity (Wildman–Crippen MR) is 122 cm³/mol.